The molecule has 10 nitrogen and oxygen atoms in total. The molecule has 1 amide bonds. The molecular formula is C27H28FN5O5S. The Morgan fingerprint density at radius 2 is 1.79 bits per heavy atom. The van der Waals surface area contributed by atoms with Crippen LogP contribution in [0.15, 0.2) is 60.9 Å². The maximum atomic E-state index is 15.0. The second kappa shape index (κ2) is 12.4. The van der Waals surface area contributed by atoms with Gasteiger partial charge in [0.15, 0.2) is 11.6 Å². The van der Waals surface area contributed by atoms with Gasteiger partial charge in [-0.05, 0) is 61.2 Å². The Bertz CT molecular complexity index is 1550. The number of nitrogens with two attached hydrogens (primary N) is 1. The van der Waals surface area contributed by atoms with Gasteiger partial charge in [0.05, 0.1) is 31.0 Å². The molecule has 4 aromatic rings. The molecule has 39 heavy (non-hydrogen) atoms. The summed E-state index contributed by atoms with van der Waals surface area (Å²) in [5.41, 5.74) is 7.24. The number of halogens is 1. The van der Waals surface area contributed by atoms with E-state index in [9.17, 15) is 17.6 Å². The van der Waals surface area contributed by atoms with Crippen molar-refractivity contribution in [1.82, 2.24) is 9.97 Å². The minimum absolute atomic E-state index is 0.110. The second-order valence-electron chi connectivity index (χ2n) is 8.56. The first kappa shape index (κ1) is 27.6. The largest absolute Gasteiger partial charge is 0.497 e. The van der Waals surface area contributed by atoms with Crippen LogP contribution in [0.3, 0.4) is 0 Å². The summed E-state index contributed by atoms with van der Waals surface area (Å²) in [6, 6.07) is 14.8. The van der Waals surface area contributed by atoms with Gasteiger partial charge in [0.2, 0.25) is 10.9 Å². The van der Waals surface area contributed by atoms with Crippen LogP contribution in [-0.2, 0) is 17.3 Å². The molecule has 0 bridgehead atoms. The first-order chi connectivity index (χ1) is 18.8. The third kappa shape index (κ3) is 6.17. The van der Waals surface area contributed by atoms with Gasteiger partial charge in [-0.15, -0.1) is 0 Å². The fourth-order valence-electron chi connectivity index (χ4n) is 4.22. The normalized spacial score (nSPS) is 11.0. The van der Waals surface area contributed by atoms with Crippen LogP contribution in [0.25, 0.3) is 10.9 Å². The molecule has 0 saturated heterocycles. The maximum absolute atomic E-state index is 15.0. The highest BCUT2D eigenvalue weighted by Gasteiger charge is 2.23. The fraction of sp³-hybridized carbons (Fsp3) is 0.222. The van der Waals surface area contributed by atoms with Gasteiger partial charge in [-0.2, -0.15) is 0 Å². The van der Waals surface area contributed by atoms with Gasteiger partial charge in [-0.25, -0.2) is 22.8 Å². The van der Waals surface area contributed by atoms with Crippen molar-refractivity contribution < 1.29 is 27.1 Å². The first-order valence-electron chi connectivity index (χ1n) is 12.1. The standard InChI is InChI=1S/C27H28FN5O5S/c1-37-18-11-9-17(10-12-18)6-3-4-15-33(39(35)36)22-14-13-21(28)24(25(22)38-2)32-27(34)20-8-5-7-19-23(20)30-16-31-26(19)29/h5,7-14,16,39H,3-4,6,15H2,1-2H3,(H,32,34)(H2,29,30,31). The number of nitrogen functional groups attached to an aromatic ring is 1. The summed E-state index contributed by atoms with van der Waals surface area (Å²) >= 11 is 0. The van der Waals surface area contributed by atoms with Crippen LogP contribution < -0.4 is 24.8 Å². The average Bonchev–Trinajstić information content (AvgIpc) is 2.94. The summed E-state index contributed by atoms with van der Waals surface area (Å²) in [7, 11) is -0.205. The number of nitrogens with zero attached hydrogens (tertiary/aromatic N) is 3. The topological polar surface area (TPSA) is 137 Å². The van der Waals surface area contributed by atoms with E-state index < -0.39 is 22.6 Å². The summed E-state index contributed by atoms with van der Waals surface area (Å²) in [5, 5.41) is 2.98. The predicted molar refractivity (Wildman–Crippen MR) is 148 cm³/mol. The number of carbonyl (C=O) groups is 1. The number of thiol groups is 1. The zero-order valence-electron chi connectivity index (χ0n) is 21.4. The van der Waals surface area contributed by atoms with Crippen molar-refractivity contribution in [1.29, 1.82) is 0 Å². The number of hydrogen-bond acceptors (Lipinski definition) is 8. The molecule has 0 aliphatic carbocycles. The number of rotatable bonds is 11. The number of carbonyl (C=O) groups excluding carboxylic acids is 1. The van der Waals surface area contributed by atoms with Gasteiger partial charge in [-0.3, -0.25) is 9.10 Å². The van der Waals surface area contributed by atoms with Crippen molar-refractivity contribution in [2.75, 3.05) is 36.1 Å². The number of fused-ring (bicyclic) bond motifs is 1. The van der Waals surface area contributed by atoms with Gasteiger partial charge in [0.1, 0.15) is 23.6 Å². The molecule has 3 aromatic carbocycles. The van der Waals surface area contributed by atoms with Gasteiger partial charge < -0.3 is 20.5 Å². The lowest BCUT2D eigenvalue weighted by Crippen LogP contribution is -2.24. The molecule has 0 unspecified atom stereocenters. The van der Waals surface area contributed by atoms with Gasteiger partial charge in [0.25, 0.3) is 5.91 Å². The van der Waals surface area contributed by atoms with Crippen LogP contribution >= 0.6 is 0 Å². The SMILES string of the molecule is COc1ccc(CCCCN(c2ccc(F)c(NC(=O)c3cccc4c(N)ncnc34)c2OC)[SH](=O)=O)cc1. The molecule has 0 spiro atoms. The monoisotopic (exact) mass is 553 g/mol. The summed E-state index contributed by atoms with van der Waals surface area (Å²) in [6.07, 6.45) is 3.22. The maximum Gasteiger partial charge on any atom is 0.258 e. The quantitative estimate of drug-likeness (QED) is 0.187. The highest BCUT2D eigenvalue weighted by molar-refractivity contribution is 7.74. The Kier molecular flexibility index (Phi) is 8.77. The fourth-order valence-corrected chi connectivity index (χ4v) is 4.86. The Morgan fingerprint density at radius 3 is 2.49 bits per heavy atom. The Balaban J connectivity index is 1.55. The first-order valence-corrected chi connectivity index (χ1v) is 13.2. The van der Waals surface area contributed by atoms with Crippen molar-refractivity contribution in [3.05, 3.63) is 77.9 Å². The molecule has 1 aromatic heterocycles. The number of benzene rings is 3. The van der Waals surface area contributed by atoms with Crippen LogP contribution in [0.5, 0.6) is 11.5 Å². The summed E-state index contributed by atoms with van der Waals surface area (Å²) < 4.78 is 51.1. The number of amides is 1. The highest BCUT2D eigenvalue weighted by Crippen LogP contribution is 2.38. The van der Waals surface area contributed by atoms with E-state index >= 15 is 0 Å². The van der Waals surface area contributed by atoms with Crippen molar-refractivity contribution in [3.63, 3.8) is 0 Å². The van der Waals surface area contributed by atoms with E-state index in [1.54, 1.807) is 19.2 Å². The van der Waals surface area contributed by atoms with E-state index in [0.29, 0.717) is 23.7 Å². The molecule has 204 valence electrons. The summed E-state index contributed by atoms with van der Waals surface area (Å²) in [6.45, 7) is 0.143. The molecule has 4 rings (SSSR count). The number of anilines is 3. The number of aromatic nitrogens is 2. The lowest BCUT2D eigenvalue weighted by Gasteiger charge is -2.22. The van der Waals surface area contributed by atoms with Gasteiger partial charge >= 0.3 is 0 Å². The van der Waals surface area contributed by atoms with Crippen LogP contribution in [0.1, 0.15) is 28.8 Å². The van der Waals surface area contributed by atoms with Crippen LogP contribution in [0.4, 0.5) is 21.6 Å². The van der Waals surface area contributed by atoms with Crippen molar-refractivity contribution in [2.45, 2.75) is 19.3 Å². The highest BCUT2D eigenvalue weighted by atomic mass is 32.2. The molecular weight excluding hydrogens is 525 g/mol. The number of para-hydroxylation sites is 1. The van der Waals surface area contributed by atoms with E-state index in [4.69, 9.17) is 15.2 Å². The summed E-state index contributed by atoms with van der Waals surface area (Å²) in [5.74, 6) is -0.628. The van der Waals surface area contributed by atoms with E-state index in [1.807, 2.05) is 24.3 Å². The average molecular weight is 554 g/mol. The second-order valence-corrected chi connectivity index (χ2v) is 9.51. The van der Waals surface area contributed by atoms with Crippen LogP contribution in [0, 0.1) is 5.82 Å². The Hall–Kier alpha value is -4.45. The van der Waals surface area contributed by atoms with Gasteiger partial charge in [0, 0.05) is 11.9 Å². The molecule has 0 radical (unpaired) electrons. The molecule has 0 atom stereocenters. The molecule has 12 heteroatoms. The van der Waals surface area contributed by atoms with Crippen LogP contribution in [0.2, 0.25) is 0 Å². The van der Waals surface area contributed by atoms with Crippen LogP contribution in [-0.4, -0.2) is 45.1 Å². The number of unbranched alkanes of at least 4 members (excludes halogenated alkanes) is 1. The molecule has 3 N–H and O–H groups in total. The van der Waals surface area contributed by atoms with Crippen molar-refractivity contribution >= 4 is 44.9 Å². The zero-order chi connectivity index (χ0) is 27.9. The zero-order valence-corrected chi connectivity index (χ0v) is 22.3. The molecule has 0 aliphatic rings. The third-order valence-corrected chi connectivity index (χ3v) is 7.00. The smallest absolute Gasteiger partial charge is 0.258 e. The Labute approximate surface area is 226 Å². The lowest BCUT2D eigenvalue weighted by atomic mass is 10.1. The molecule has 0 aliphatic heterocycles. The van der Waals surface area contributed by atoms with Crippen molar-refractivity contribution in [2.24, 2.45) is 0 Å². The number of hydrogen-bond donors (Lipinski definition) is 3. The van der Waals surface area contributed by atoms with Gasteiger partial charge in [-0.1, -0.05) is 18.2 Å². The molecule has 1 heterocycles. The van der Waals surface area contributed by atoms with E-state index in [-0.39, 0.29) is 35.1 Å². The Morgan fingerprint density at radius 1 is 1.03 bits per heavy atom. The number of ether oxygens (including phenoxy) is 2. The predicted octanol–water partition coefficient (Wildman–Crippen LogP) is 3.98. The number of nitrogens with one attached hydrogen (secondary N) is 1. The van der Waals surface area contributed by atoms with E-state index in [1.165, 1.54) is 25.6 Å². The lowest BCUT2D eigenvalue weighted by molar-refractivity contribution is 0.102. The van der Waals surface area contributed by atoms with Crippen molar-refractivity contribution in [3.8, 4) is 11.5 Å². The molecule has 0 fully saturated rings. The number of aryl methyl sites for hydroxylation is 1. The minimum atomic E-state index is -3.08. The number of methoxy groups -OCH3 is 2. The van der Waals surface area contributed by atoms with E-state index in [2.05, 4.69) is 15.3 Å². The third-order valence-electron chi connectivity index (χ3n) is 6.19. The molecule has 0 saturated carbocycles. The summed E-state index contributed by atoms with van der Waals surface area (Å²) in [4.78, 5) is 21.2. The van der Waals surface area contributed by atoms with E-state index in [0.717, 1.165) is 28.1 Å². The minimum Gasteiger partial charge on any atom is -0.497 e.